The maximum atomic E-state index is 9.21. The second kappa shape index (κ2) is 6.05. The van der Waals surface area contributed by atoms with Crippen molar-refractivity contribution in [2.24, 2.45) is 0 Å². The predicted octanol–water partition coefficient (Wildman–Crippen LogP) is 1.57. The van der Waals surface area contributed by atoms with Crippen molar-refractivity contribution in [1.29, 1.82) is 0 Å². The second-order valence-corrected chi connectivity index (χ2v) is 2.32. The maximum Gasteiger partial charge on any atom is 0.218 e. The lowest BCUT2D eigenvalue weighted by Gasteiger charge is -1.76. The van der Waals surface area contributed by atoms with Gasteiger partial charge in [-0.2, -0.15) is 0 Å². The third-order valence-electron chi connectivity index (χ3n) is 0.827. The van der Waals surface area contributed by atoms with Crippen molar-refractivity contribution >= 4 is 16.8 Å². The number of hydrogen-bond acceptors (Lipinski definition) is 2. The molecule has 54 valence electrons. The SMILES string of the molecule is C1CCOC1.CC(=O)Cl. The molecule has 0 aromatic rings. The summed E-state index contributed by atoms with van der Waals surface area (Å²) in [5.74, 6) is 0. The number of carbonyl (C=O) groups excluding carboxylic acids is 1. The lowest BCUT2D eigenvalue weighted by atomic mass is 10.4. The van der Waals surface area contributed by atoms with Gasteiger partial charge in [-0.15, -0.1) is 0 Å². The third-order valence-corrected chi connectivity index (χ3v) is 0.827. The molecule has 0 amide bonds. The van der Waals surface area contributed by atoms with Crippen molar-refractivity contribution in [1.82, 2.24) is 0 Å². The van der Waals surface area contributed by atoms with Gasteiger partial charge < -0.3 is 4.74 Å². The summed E-state index contributed by atoms with van der Waals surface area (Å²) >= 11 is 4.64. The van der Waals surface area contributed by atoms with Crippen LogP contribution in [0.4, 0.5) is 0 Å². The average molecular weight is 151 g/mol. The molecule has 1 saturated heterocycles. The van der Waals surface area contributed by atoms with Crippen LogP contribution < -0.4 is 0 Å². The van der Waals surface area contributed by atoms with E-state index >= 15 is 0 Å². The van der Waals surface area contributed by atoms with Crippen molar-refractivity contribution in [3.05, 3.63) is 0 Å². The summed E-state index contributed by atoms with van der Waals surface area (Å²) in [6.45, 7) is 3.29. The number of carbonyl (C=O) groups is 1. The van der Waals surface area contributed by atoms with Gasteiger partial charge in [-0.1, -0.05) is 0 Å². The first-order valence-electron chi connectivity index (χ1n) is 2.97. The van der Waals surface area contributed by atoms with Gasteiger partial charge in [-0.05, 0) is 24.4 Å². The fourth-order valence-corrected chi connectivity index (χ4v) is 0.510. The summed E-state index contributed by atoms with van der Waals surface area (Å²) < 4.78 is 4.94. The highest BCUT2D eigenvalue weighted by Gasteiger charge is 1.94. The zero-order valence-electron chi connectivity index (χ0n) is 5.52. The van der Waals surface area contributed by atoms with E-state index in [4.69, 9.17) is 4.74 Å². The standard InChI is InChI=1S/C4H8O.C2H3ClO/c1-2-4-5-3-1;1-2(3)4/h1-4H2;1H3. The molecule has 0 atom stereocenters. The molecule has 0 bridgehead atoms. The van der Waals surface area contributed by atoms with Crippen LogP contribution >= 0.6 is 11.6 Å². The largest absolute Gasteiger partial charge is 0.381 e. The lowest BCUT2D eigenvalue weighted by Crippen LogP contribution is -1.74. The van der Waals surface area contributed by atoms with Crippen LogP contribution in [-0.4, -0.2) is 18.5 Å². The first-order valence-corrected chi connectivity index (χ1v) is 3.35. The molecule has 0 N–H and O–H groups in total. The van der Waals surface area contributed by atoms with Crippen molar-refractivity contribution < 1.29 is 9.53 Å². The van der Waals surface area contributed by atoms with E-state index in [2.05, 4.69) is 11.6 Å². The van der Waals surface area contributed by atoms with E-state index in [0.29, 0.717) is 0 Å². The van der Waals surface area contributed by atoms with Gasteiger partial charge in [0, 0.05) is 20.1 Å². The molecular weight excluding hydrogens is 140 g/mol. The number of ether oxygens (including phenoxy) is 1. The van der Waals surface area contributed by atoms with Crippen molar-refractivity contribution in [2.75, 3.05) is 13.2 Å². The molecule has 2 nitrogen and oxygen atoms in total. The van der Waals surface area contributed by atoms with Gasteiger partial charge in [0.25, 0.3) is 0 Å². The number of hydrogen-bond donors (Lipinski definition) is 0. The summed E-state index contributed by atoms with van der Waals surface area (Å²) in [4.78, 5) is 9.21. The monoisotopic (exact) mass is 150 g/mol. The van der Waals surface area contributed by atoms with E-state index < -0.39 is 0 Å². The fourth-order valence-electron chi connectivity index (χ4n) is 0.510. The second-order valence-electron chi connectivity index (χ2n) is 1.79. The molecule has 1 heterocycles. The van der Waals surface area contributed by atoms with Crippen molar-refractivity contribution in [3.63, 3.8) is 0 Å². The van der Waals surface area contributed by atoms with Crippen molar-refractivity contribution in [3.8, 4) is 0 Å². The van der Waals surface area contributed by atoms with Crippen LogP contribution in [0.2, 0.25) is 0 Å². The van der Waals surface area contributed by atoms with Crippen LogP contribution in [0.5, 0.6) is 0 Å². The molecule has 1 aliphatic rings. The minimum atomic E-state index is -0.361. The lowest BCUT2D eigenvalue weighted by molar-refractivity contribution is -0.109. The maximum absolute atomic E-state index is 9.21. The molecule has 0 unspecified atom stereocenters. The molecule has 0 aliphatic carbocycles. The quantitative estimate of drug-likeness (QED) is 0.490. The highest BCUT2D eigenvalue weighted by Crippen LogP contribution is 1.98. The molecule has 0 radical (unpaired) electrons. The summed E-state index contributed by atoms with van der Waals surface area (Å²) in [6, 6.07) is 0. The molecule has 0 saturated carbocycles. The topological polar surface area (TPSA) is 26.3 Å². The Morgan fingerprint density at radius 1 is 1.44 bits per heavy atom. The van der Waals surface area contributed by atoms with Gasteiger partial charge in [-0.25, -0.2) is 0 Å². The first-order chi connectivity index (χ1) is 4.23. The van der Waals surface area contributed by atoms with E-state index in [0.717, 1.165) is 13.2 Å². The van der Waals surface area contributed by atoms with Gasteiger partial charge in [0.2, 0.25) is 5.24 Å². The Kier molecular flexibility index (Phi) is 5.99. The Morgan fingerprint density at radius 2 is 1.78 bits per heavy atom. The van der Waals surface area contributed by atoms with Crippen LogP contribution in [0.15, 0.2) is 0 Å². The summed E-state index contributed by atoms with van der Waals surface area (Å²) in [5.41, 5.74) is 0. The van der Waals surface area contributed by atoms with Crippen LogP contribution in [0.3, 0.4) is 0 Å². The smallest absolute Gasteiger partial charge is 0.218 e. The van der Waals surface area contributed by atoms with E-state index in [-0.39, 0.29) is 5.24 Å². The van der Waals surface area contributed by atoms with Crippen LogP contribution in [0, 0.1) is 0 Å². The fraction of sp³-hybridized carbons (Fsp3) is 0.833. The zero-order chi connectivity index (χ0) is 7.11. The molecule has 0 aromatic carbocycles. The predicted molar refractivity (Wildman–Crippen MR) is 36.6 cm³/mol. The molecule has 1 rings (SSSR count). The summed E-state index contributed by atoms with van der Waals surface area (Å²) in [7, 11) is 0. The number of halogens is 1. The molecule has 1 fully saturated rings. The molecule has 9 heavy (non-hydrogen) atoms. The van der Waals surface area contributed by atoms with Crippen LogP contribution in [0.25, 0.3) is 0 Å². The van der Waals surface area contributed by atoms with E-state index in [1.807, 2.05) is 0 Å². The molecular formula is C6H11ClO2. The first kappa shape index (κ1) is 8.92. The van der Waals surface area contributed by atoms with Crippen molar-refractivity contribution in [2.45, 2.75) is 19.8 Å². The van der Waals surface area contributed by atoms with Gasteiger partial charge >= 0.3 is 0 Å². The summed E-state index contributed by atoms with van der Waals surface area (Å²) in [6.07, 6.45) is 2.56. The molecule has 0 spiro atoms. The highest BCUT2D eigenvalue weighted by molar-refractivity contribution is 6.62. The Labute approximate surface area is 60.1 Å². The Morgan fingerprint density at radius 3 is 1.89 bits per heavy atom. The average Bonchev–Trinajstić information content (AvgIpc) is 2.11. The Balaban J connectivity index is 0.000000148. The Hall–Kier alpha value is -0.0800. The van der Waals surface area contributed by atoms with Crippen LogP contribution in [0.1, 0.15) is 19.8 Å². The minimum Gasteiger partial charge on any atom is -0.381 e. The highest BCUT2D eigenvalue weighted by atomic mass is 35.5. The summed E-state index contributed by atoms with van der Waals surface area (Å²) in [5, 5.41) is -0.361. The van der Waals surface area contributed by atoms with Gasteiger partial charge in [0.05, 0.1) is 0 Å². The minimum absolute atomic E-state index is 0.361. The third kappa shape index (κ3) is 11.5. The number of rotatable bonds is 0. The van der Waals surface area contributed by atoms with Gasteiger partial charge in [-0.3, -0.25) is 4.79 Å². The molecule has 3 heteroatoms. The molecule has 1 aliphatic heterocycles. The molecule has 0 aromatic heterocycles. The zero-order valence-corrected chi connectivity index (χ0v) is 6.28. The Bertz CT molecular complexity index is 67.5. The van der Waals surface area contributed by atoms with E-state index in [1.165, 1.54) is 19.8 Å². The normalized spacial score (nSPS) is 16.2. The van der Waals surface area contributed by atoms with E-state index in [9.17, 15) is 4.79 Å². The van der Waals surface area contributed by atoms with Gasteiger partial charge in [0.15, 0.2) is 0 Å². The van der Waals surface area contributed by atoms with E-state index in [1.54, 1.807) is 0 Å². The van der Waals surface area contributed by atoms with Crippen LogP contribution in [-0.2, 0) is 9.53 Å². The van der Waals surface area contributed by atoms with Gasteiger partial charge in [0.1, 0.15) is 0 Å².